The molecule has 0 aliphatic carbocycles. The van der Waals surface area contributed by atoms with Crippen molar-refractivity contribution in [3.63, 3.8) is 0 Å². The van der Waals surface area contributed by atoms with Crippen LogP contribution in [0.1, 0.15) is 22.3 Å². The molecular weight excluding hydrogens is 393 g/mol. The van der Waals surface area contributed by atoms with E-state index in [1.807, 2.05) is 0 Å². The molecule has 0 spiro atoms. The monoisotopic (exact) mass is 411 g/mol. The molecule has 1 amide bonds. The highest BCUT2D eigenvalue weighted by molar-refractivity contribution is 7.91. The smallest absolute Gasteiger partial charge is 0.254 e. The lowest BCUT2D eigenvalue weighted by Gasteiger charge is -2.28. The number of amides is 1. The Hall–Kier alpha value is -2.12. The lowest BCUT2D eigenvalue weighted by atomic mass is 10.1. The zero-order valence-electron chi connectivity index (χ0n) is 14.7. The van der Waals surface area contributed by atoms with E-state index in [1.54, 1.807) is 24.3 Å². The van der Waals surface area contributed by atoms with Crippen molar-refractivity contribution in [3.8, 4) is 5.75 Å². The summed E-state index contributed by atoms with van der Waals surface area (Å²) in [4.78, 5) is 14.6. The van der Waals surface area contributed by atoms with Gasteiger partial charge in [-0.25, -0.2) is 12.8 Å². The van der Waals surface area contributed by atoms with Gasteiger partial charge in [-0.05, 0) is 42.3 Å². The number of benzene rings is 2. The van der Waals surface area contributed by atoms with Gasteiger partial charge in [0.25, 0.3) is 5.91 Å². The van der Waals surface area contributed by atoms with Crippen LogP contribution in [0, 0.1) is 5.82 Å². The Morgan fingerprint density at radius 2 is 2.07 bits per heavy atom. The van der Waals surface area contributed by atoms with Gasteiger partial charge in [0.2, 0.25) is 0 Å². The molecule has 5 nitrogen and oxygen atoms in total. The lowest BCUT2D eigenvalue weighted by Crippen LogP contribution is -2.40. The Morgan fingerprint density at radius 3 is 2.67 bits per heavy atom. The maximum Gasteiger partial charge on any atom is 0.254 e. The number of carbonyl (C=O) groups is 1. The fourth-order valence-electron chi connectivity index (χ4n) is 3.19. The summed E-state index contributed by atoms with van der Waals surface area (Å²) in [7, 11) is -1.71. The Labute approximate surface area is 162 Å². The Kier molecular flexibility index (Phi) is 5.72. The summed E-state index contributed by atoms with van der Waals surface area (Å²) in [5.41, 5.74) is 0.911. The molecule has 1 unspecified atom stereocenters. The number of hydrogen-bond donors (Lipinski definition) is 0. The van der Waals surface area contributed by atoms with Gasteiger partial charge >= 0.3 is 0 Å². The number of methoxy groups -OCH3 is 1. The van der Waals surface area contributed by atoms with Crippen LogP contribution in [0.4, 0.5) is 4.39 Å². The van der Waals surface area contributed by atoms with Gasteiger partial charge in [0.05, 0.1) is 23.6 Å². The molecule has 2 aromatic carbocycles. The van der Waals surface area contributed by atoms with Gasteiger partial charge in [0.1, 0.15) is 11.6 Å². The van der Waals surface area contributed by atoms with Crippen LogP contribution in [0.2, 0.25) is 5.02 Å². The third kappa shape index (κ3) is 4.59. The summed E-state index contributed by atoms with van der Waals surface area (Å²) in [6.45, 7) is 0.112. The predicted molar refractivity (Wildman–Crippen MR) is 101 cm³/mol. The van der Waals surface area contributed by atoms with Gasteiger partial charge in [0.15, 0.2) is 9.84 Å². The molecule has 8 heteroatoms. The van der Waals surface area contributed by atoms with E-state index < -0.39 is 21.7 Å². The van der Waals surface area contributed by atoms with Crippen molar-refractivity contribution in [2.45, 2.75) is 19.0 Å². The SMILES string of the molecule is COc1ccc(C(=O)N(Cc2cccc(F)c2)C2CCS(=O)(=O)C2)cc1Cl. The van der Waals surface area contributed by atoms with Crippen molar-refractivity contribution < 1.29 is 22.3 Å². The molecule has 3 rings (SSSR count). The average molecular weight is 412 g/mol. The largest absolute Gasteiger partial charge is 0.495 e. The zero-order chi connectivity index (χ0) is 19.6. The van der Waals surface area contributed by atoms with Gasteiger partial charge in [-0.2, -0.15) is 0 Å². The first kappa shape index (κ1) is 19.6. The van der Waals surface area contributed by atoms with E-state index in [1.165, 1.54) is 30.2 Å². The summed E-state index contributed by atoms with van der Waals surface area (Å²) in [5.74, 6) is -0.392. The quantitative estimate of drug-likeness (QED) is 0.757. The van der Waals surface area contributed by atoms with E-state index in [9.17, 15) is 17.6 Å². The Balaban J connectivity index is 1.93. The van der Waals surface area contributed by atoms with Crippen molar-refractivity contribution in [1.82, 2.24) is 4.90 Å². The minimum absolute atomic E-state index is 0.0357. The number of sulfone groups is 1. The molecule has 0 radical (unpaired) electrons. The molecule has 0 N–H and O–H groups in total. The second-order valence-electron chi connectivity index (χ2n) is 6.47. The van der Waals surface area contributed by atoms with Crippen LogP contribution in [0.25, 0.3) is 0 Å². The molecule has 2 aromatic rings. The lowest BCUT2D eigenvalue weighted by molar-refractivity contribution is 0.0680. The molecule has 0 aromatic heterocycles. The topological polar surface area (TPSA) is 63.7 Å². The summed E-state index contributed by atoms with van der Waals surface area (Å²) in [6.07, 6.45) is 0.354. The predicted octanol–water partition coefficient (Wildman–Crippen LogP) is 3.32. The number of carbonyl (C=O) groups excluding carboxylic acids is 1. The number of nitrogens with zero attached hydrogens (tertiary/aromatic N) is 1. The number of ether oxygens (including phenoxy) is 1. The molecule has 0 bridgehead atoms. The summed E-state index contributed by atoms with van der Waals surface area (Å²) >= 11 is 6.12. The highest BCUT2D eigenvalue weighted by Crippen LogP contribution is 2.28. The van der Waals surface area contributed by atoms with E-state index in [4.69, 9.17) is 16.3 Å². The van der Waals surface area contributed by atoms with E-state index in [2.05, 4.69) is 0 Å². The molecule has 1 atom stereocenters. The fourth-order valence-corrected chi connectivity index (χ4v) is 5.17. The van der Waals surface area contributed by atoms with Crippen molar-refractivity contribution >= 4 is 27.3 Å². The first-order valence-electron chi connectivity index (χ1n) is 8.38. The van der Waals surface area contributed by atoms with Crippen LogP contribution in [-0.4, -0.2) is 43.9 Å². The van der Waals surface area contributed by atoms with Crippen LogP contribution >= 0.6 is 11.6 Å². The second kappa shape index (κ2) is 7.86. The summed E-state index contributed by atoms with van der Waals surface area (Å²) in [6, 6.07) is 10.1. The number of hydrogen-bond acceptors (Lipinski definition) is 4. The van der Waals surface area contributed by atoms with Crippen molar-refractivity contribution in [1.29, 1.82) is 0 Å². The molecule has 0 saturated carbocycles. The van der Waals surface area contributed by atoms with E-state index in [0.29, 0.717) is 23.3 Å². The van der Waals surface area contributed by atoms with Gasteiger partial charge in [0, 0.05) is 18.2 Å². The van der Waals surface area contributed by atoms with E-state index in [0.717, 1.165) is 0 Å². The van der Waals surface area contributed by atoms with Gasteiger partial charge in [-0.1, -0.05) is 23.7 Å². The van der Waals surface area contributed by atoms with Gasteiger partial charge < -0.3 is 9.64 Å². The van der Waals surface area contributed by atoms with Crippen LogP contribution in [0.3, 0.4) is 0 Å². The molecule has 1 fully saturated rings. The molecular formula is C19H19ClFNO4S. The first-order chi connectivity index (χ1) is 12.8. The van der Waals surface area contributed by atoms with Crippen molar-refractivity contribution in [2.24, 2.45) is 0 Å². The van der Waals surface area contributed by atoms with Gasteiger partial charge in [-0.3, -0.25) is 4.79 Å². The highest BCUT2D eigenvalue weighted by Gasteiger charge is 2.35. The fraction of sp³-hybridized carbons (Fsp3) is 0.316. The standard InChI is InChI=1S/C19H19ClFNO4S/c1-26-18-6-5-14(10-17(18)20)19(23)22(16-7-8-27(24,25)12-16)11-13-3-2-4-15(21)9-13/h2-6,9-10,16H,7-8,11-12H2,1H3. The first-order valence-corrected chi connectivity index (χ1v) is 10.6. The van der Waals surface area contributed by atoms with Gasteiger partial charge in [-0.15, -0.1) is 0 Å². The molecule has 1 aliphatic heterocycles. The molecule has 1 heterocycles. The molecule has 1 aliphatic rings. The Morgan fingerprint density at radius 1 is 1.30 bits per heavy atom. The maximum atomic E-state index is 13.5. The minimum Gasteiger partial charge on any atom is -0.495 e. The number of halogens is 2. The average Bonchev–Trinajstić information content (AvgIpc) is 2.98. The summed E-state index contributed by atoms with van der Waals surface area (Å²) in [5, 5.41) is 0.285. The third-order valence-corrected chi connectivity index (χ3v) is 6.60. The van der Waals surface area contributed by atoms with Crippen LogP contribution < -0.4 is 4.74 Å². The summed E-state index contributed by atoms with van der Waals surface area (Å²) < 4.78 is 42.5. The highest BCUT2D eigenvalue weighted by atomic mass is 35.5. The van der Waals surface area contributed by atoms with E-state index >= 15 is 0 Å². The number of rotatable bonds is 5. The van der Waals surface area contributed by atoms with Crippen LogP contribution in [0.15, 0.2) is 42.5 Å². The van der Waals surface area contributed by atoms with Crippen molar-refractivity contribution in [3.05, 3.63) is 64.4 Å². The van der Waals surface area contributed by atoms with E-state index in [-0.39, 0.29) is 29.0 Å². The second-order valence-corrected chi connectivity index (χ2v) is 9.11. The van der Waals surface area contributed by atoms with Crippen molar-refractivity contribution in [2.75, 3.05) is 18.6 Å². The molecule has 1 saturated heterocycles. The third-order valence-electron chi connectivity index (χ3n) is 4.55. The molecule has 27 heavy (non-hydrogen) atoms. The maximum absolute atomic E-state index is 13.5. The Bertz CT molecular complexity index is 964. The van der Waals surface area contributed by atoms with Crippen LogP contribution in [0.5, 0.6) is 5.75 Å². The van der Waals surface area contributed by atoms with Crippen LogP contribution in [-0.2, 0) is 16.4 Å². The minimum atomic E-state index is -3.19. The zero-order valence-corrected chi connectivity index (χ0v) is 16.3. The molecule has 144 valence electrons. The normalized spacial score (nSPS) is 18.3.